The van der Waals surface area contributed by atoms with Gasteiger partial charge in [-0.15, -0.1) is 12.4 Å². The molecule has 0 saturated carbocycles. The zero-order valence-electron chi connectivity index (χ0n) is 16.8. The number of hydrogen-bond acceptors (Lipinski definition) is 4. The highest BCUT2D eigenvalue weighted by atomic mass is 35.5. The summed E-state index contributed by atoms with van der Waals surface area (Å²) in [6, 6.07) is 5.55. The van der Waals surface area contributed by atoms with Crippen molar-refractivity contribution in [3.05, 3.63) is 29.3 Å². The Bertz CT molecular complexity index is 671. The van der Waals surface area contributed by atoms with Crippen LogP contribution >= 0.6 is 12.4 Å². The van der Waals surface area contributed by atoms with Crippen LogP contribution in [0, 0.1) is 18.8 Å². The van der Waals surface area contributed by atoms with Gasteiger partial charge in [-0.05, 0) is 62.4 Å². The number of morpholine rings is 1. The summed E-state index contributed by atoms with van der Waals surface area (Å²) in [5.41, 5.74) is 2.22. The van der Waals surface area contributed by atoms with Crippen LogP contribution in [0.25, 0.3) is 0 Å². The van der Waals surface area contributed by atoms with E-state index in [2.05, 4.69) is 17.6 Å². The van der Waals surface area contributed by atoms with E-state index in [0.717, 1.165) is 37.2 Å². The lowest BCUT2D eigenvalue weighted by molar-refractivity contribution is -0.117. The number of carbonyl (C=O) groups excluding carboxylic acids is 2. The first-order valence-electron chi connectivity index (χ1n) is 10.0. The SMILES string of the molecule is Cc1c(NC(=O)CC(C)C2CCNCC2)cccc1C(=O)N1CCOCC1.Cl. The molecule has 1 aromatic carbocycles. The van der Waals surface area contributed by atoms with Crippen LogP contribution in [-0.2, 0) is 9.53 Å². The van der Waals surface area contributed by atoms with Crippen molar-refractivity contribution >= 4 is 29.9 Å². The molecule has 1 unspecified atom stereocenters. The summed E-state index contributed by atoms with van der Waals surface area (Å²) < 4.78 is 5.32. The Labute approximate surface area is 173 Å². The summed E-state index contributed by atoms with van der Waals surface area (Å²) in [6.45, 7) is 8.54. The standard InChI is InChI=1S/C21H31N3O3.ClH/c1-15(17-6-8-22-9-7-17)14-20(25)23-19-5-3-4-18(16(19)2)21(26)24-10-12-27-13-11-24;/h3-5,15,17,22H,6-14H2,1-2H3,(H,23,25);1H. The number of nitrogens with zero attached hydrogens (tertiary/aromatic N) is 1. The maximum Gasteiger partial charge on any atom is 0.254 e. The van der Waals surface area contributed by atoms with Gasteiger partial charge in [0, 0.05) is 30.8 Å². The molecule has 2 N–H and O–H groups in total. The maximum absolute atomic E-state index is 12.8. The lowest BCUT2D eigenvalue weighted by Crippen LogP contribution is -2.41. The Balaban J connectivity index is 0.00000280. The van der Waals surface area contributed by atoms with Gasteiger partial charge in [0.2, 0.25) is 5.91 Å². The molecule has 2 fully saturated rings. The van der Waals surface area contributed by atoms with Crippen molar-refractivity contribution in [2.75, 3.05) is 44.7 Å². The van der Waals surface area contributed by atoms with Gasteiger partial charge in [-0.2, -0.15) is 0 Å². The molecule has 6 nitrogen and oxygen atoms in total. The highest BCUT2D eigenvalue weighted by molar-refractivity contribution is 5.99. The molecule has 2 amide bonds. The lowest BCUT2D eigenvalue weighted by Gasteiger charge is -2.28. The van der Waals surface area contributed by atoms with E-state index in [-0.39, 0.29) is 24.2 Å². The lowest BCUT2D eigenvalue weighted by atomic mass is 9.84. The molecule has 2 aliphatic rings. The summed E-state index contributed by atoms with van der Waals surface area (Å²) in [5, 5.41) is 6.40. The zero-order valence-corrected chi connectivity index (χ0v) is 17.6. The summed E-state index contributed by atoms with van der Waals surface area (Å²) in [4.78, 5) is 27.2. The van der Waals surface area contributed by atoms with Crippen molar-refractivity contribution in [2.45, 2.75) is 33.1 Å². The van der Waals surface area contributed by atoms with E-state index in [4.69, 9.17) is 4.74 Å². The number of hydrogen-bond donors (Lipinski definition) is 2. The molecule has 2 heterocycles. The molecule has 0 radical (unpaired) electrons. The molecule has 0 aliphatic carbocycles. The van der Waals surface area contributed by atoms with Crippen LogP contribution in [0.5, 0.6) is 0 Å². The summed E-state index contributed by atoms with van der Waals surface area (Å²) in [6.07, 6.45) is 2.79. The monoisotopic (exact) mass is 409 g/mol. The van der Waals surface area contributed by atoms with Crippen molar-refractivity contribution in [2.24, 2.45) is 11.8 Å². The van der Waals surface area contributed by atoms with Crippen LogP contribution in [0.4, 0.5) is 5.69 Å². The van der Waals surface area contributed by atoms with Crippen LogP contribution in [0.3, 0.4) is 0 Å². The summed E-state index contributed by atoms with van der Waals surface area (Å²) in [7, 11) is 0. The van der Waals surface area contributed by atoms with Crippen molar-refractivity contribution in [3.8, 4) is 0 Å². The predicted molar refractivity (Wildman–Crippen MR) is 113 cm³/mol. The van der Waals surface area contributed by atoms with Crippen LogP contribution in [0.2, 0.25) is 0 Å². The Morgan fingerprint density at radius 1 is 1.25 bits per heavy atom. The van der Waals surface area contributed by atoms with Gasteiger partial charge in [-0.25, -0.2) is 0 Å². The Morgan fingerprint density at radius 2 is 1.93 bits per heavy atom. The number of carbonyl (C=O) groups is 2. The largest absolute Gasteiger partial charge is 0.378 e. The van der Waals surface area contributed by atoms with E-state index in [1.807, 2.05) is 30.0 Å². The number of benzene rings is 1. The second kappa shape index (κ2) is 10.8. The first kappa shape index (κ1) is 22.7. The van der Waals surface area contributed by atoms with Gasteiger partial charge in [0.1, 0.15) is 0 Å². The number of rotatable bonds is 5. The molecule has 2 saturated heterocycles. The minimum Gasteiger partial charge on any atom is -0.378 e. The van der Waals surface area contributed by atoms with Crippen LogP contribution in [0.15, 0.2) is 18.2 Å². The van der Waals surface area contributed by atoms with Gasteiger partial charge in [-0.3, -0.25) is 9.59 Å². The van der Waals surface area contributed by atoms with Gasteiger partial charge in [0.05, 0.1) is 13.2 Å². The number of anilines is 1. The topological polar surface area (TPSA) is 70.7 Å². The Morgan fingerprint density at radius 3 is 2.61 bits per heavy atom. The predicted octanol–water partition coefficient (Wildman–Crippen LogP) is 2.85. The Hall–Kier alpha value is -1.63. The minimum absolute atomic E-state index is 0. The average molecular weight is 410 g/mol. The van der Waals surface area contributed by atoms with Gasteiger partial charge in [0.15, 0.2) is 0 Å². The molecule has 1 atom stereocenters. The van der Waals surface area contributed by atoms with E-state index in [9.17, 15) is 9.59 Å². The third-order valence-corrected chi connectivity index (χ3v) is 5.83. The van der Waals surface area contributed by atoms with Crippen LogP contribution < -0.4 is 10.6 Å². The van der Waals surface area contributed by atoms with Crippen molar-refractivity contribution in [3.63, 3.8) is 0 Å². The minimum atomic E-state index is 0. The van der Waals surface area contributed by atoms with Crippen LogP contribution in [0.1, 0.15) is 42.1 Å². The smallest absolute Gasteiger partial charge is 0.254 e. The number of halogens is 1. The molecule has 2 aliphatic heterocycles. The maximum atomic E-state index is 12.8. The fourth-order valence-corrected chi connectivity index (χ4v) is 4.01. The zero-order chi connectivity index (χ0) is 19.2. The van der Waals surface area contributed by atoms with Gasteiger partial charge in [-0.1, -0.05) is 13.0 Å². The third-order valence-electron chi connectivity index (χ3n) is 5.83. The molecular formula is C21H32ClN3O3. The van der Waals surface area contributed by atoms with Crippen molar-refractivity contribution in [1.29, 1.82) is 0 Å². The van der Waals surface area contributed by atoms with E-state index in [1.165, 1.54) is 0 Å². The fraction of sp³-hybridized carbons (Fsp3) is 0.619. The molecule has 156 valence electrons. The van der Waals surface area contributed by atoms with Crippen molar-refractivity contribution in [1.82, 2.24) is 10.2 Å². The summed E-state index contributed by atoms with van der Waals surface area (Å²) in [5.74, 6) is 1.01. The number of piperidine rings is 1. The Kier molecular flexibility index (Phi) is 8.73. The fourth-order valence-electron chi connectivity index (χ4n) is 4.01. The highest BCUT2D eigenvalue weighted by Crippen LogP contribution is 2.26. The van der Waals surface area contributed by atoms with Gasteiger partial charge < -0.3 is 20.3 Å². The van der Waals surface area contributed by atoms with Gasteiger partial charge in [0.25, 0.3) is 5.91 Å². The number of nitrogens with one attached hydrogen (secondary N) is 2. The molecule has 0 bridgehead atoms. The highest BCUT2D eigenvalue weighted by Gasteiger charge is 2.24. The van der Waals surface area contributed by atoms with Crippen LogP contribution in [-0.4, -0.2) is 56.1 Å². The number of amides is 2. The normalized spacial score (nSPS) is 18.9. The van der Waals surface area contributed by atoms with E-state index >= 15 is 0 Å². The molecule has 0 aromatic heterocycles. The summed E-state index contributed by atoms with van der Waals surface area (Å²) >= 11 is 0. The van der Waals surface area contributed by atoms with E-state index in [0.29, 0.717) is 50.1 Å². The molecule has 28 heavy (non-hydrogen) atoms. The molecule has 7 heteroatoms. The molecule has 0 spiro atoms. The molecule has 1 aromatic rings. The second-order valence-electron chi connectivity index (χ2n) is 7.70. The first-order valence-corrected chi connectivity index (χ1v) is 10.0. The first-order chi connectivity index (χ1) is 13.1. The average Bonchev–Trinajstić information content (AvgIpc) is 2.70. The van der Waals surface area contributed by atoms with Crippen molar-refractivity contribution < 1.29 is 14.3 Å². The van der Waals surface area contributed by atoms with E-state index in [1.54, 1.807) is 0 Å². The molecule has 3 rings (SSSR count). The number of ether oxygens (including phenoxy) is 1. The quantitative estimate of drug-likeness (QED) is 0.784. The third kappa shape index (κ3) is 5.69. The second-order valence-corrected chi connectivity index (χ2v) is 7.70. The van der Waals surface area contributed by atoms with E-state index < -0.39 is 0 Å². The van der Waals surface area contributed by atoms with Gasteiger partial charge >= 0.3 is 0 Å². The molecular weight excluding hydrogens is 378 g/mol.